The number of halogens is 1. The zero-order chi connectivity index (χ0) is 20.4. The van der Waals surface area contributed by atoms with Crippen molar-refractivity contribution in [3.63, 3.8) is 0 Å². The van der Waals surface area contributed by atoms with E-state index in [4.69, 9.17) is 0 Å². The second-order valence-corrected chi connectivity index (χ2v) is 7.05. The van der Waals surface area contributed by atoms with Crippen LogP contribution in [0.15, 0.2) is 64.2 Å². The number of rotatable bonds is 6. The maximum atomic E-state index is 13.3. The van der Waals surface area contributed by atoms with Crippen LogP contribution in [0.5, 0.6) is 0 Å². The van der Waals surface area contributed by atoms with Gasteiger partial charge in [0, 0.05) is 6.54 Å². The van der Waals surface area contributed by atoms with E-state index in [1.54, 1.807) is 24.3 Å². The minimum Gasteiger partial charge on any atom is -0.350 e. The van der Waals surface area contributed by atoms with Crippen LogP contribution in [0.4, 0.5) is 4.39 Å². The lowest BCUT2D eigenvalue weighted by Gasteiger charge is -2.12. The number of amides is 1. The number of nitrogens with one attached hydrogen (secondary N) is 1. The third kappa shape index (κ3) is 4.16. The Balaban J connectivity index is 1.81. The van der Waals surface area contributed by atoms with Crippen LogP contribution in [-0.4, -0.2) is 26.8 Å². The molecule has 148 valence electrons. The molecule has 8 heteroatoms. The molecule has 1 amide bonds. The molecule has 2 aromatic carbocycles. The van der Waals surface area contributed by atoms with E-state index in [1.807, 2.05) is 6.07 Å². The molecule has 0 saturated heterocycles. The SMILES string of the molecule is O=C(NCC1CC1)c1nn(-c2ccc(F)cc2)c(=O)n(Cc2ccccc2)c1=O. The predicted molar refractivity (Wildman–Crippen MR) is 105 cm³/mol. The van der Waals surface area contributed by atoms with E-state index in [-0.39, 0.29) is 17.9 Å². The van der Waals surface area contributed by atoms with Crippen LogP contribution in [-0.2, 0) is 6.54 Å². The highest BCUT2D eigenvalue weighted by Crippen LogP contribution is 2.27. The van der Waals surface area contributed by atoms with E-state index in [0.717, 1.165) is 27.7 Å². The summed E-state index contributed by atoms with van der Waals surface area (Å²) in [7, 11) is 0. The van der Waals surface area contributed by atoms with Gasteiger partial charge in [-0.2, -0.15) is 9.78 Å². The second kappa shape index (κ2) is 7.83. The summed E-state index contributed by atoms with van der Waals surface area (Å²) >= 11 is 0. The molecule has 29 heavy (non-hydrogen) atoms. The molecule has 3 aromatic rings. The fourth-order valence-corrected chi connectivity index (χ4v) is 2.96. The van der Waals surface area contributed by atoms with Crippen molar-refractivity contribution in [2.75, 3.05) is 6.54 Å². The quantitative estimate of drug-likeness (QED) is 0.690. The number of aromatic nitrogens is 3. The average Bonchev–Trinajstić information content (AvgIpc) is 3.56. The van der Waals surface area contributed by atoms with Gasteiger partial charge in [-0.3, -0.25) is 14.2 Å². The van der Waals surface area contributed by atoms with Crippen LogP contribution in [0.25, 0.3) is 5.69 Å². The lowest BCUT2D eigenvalue weighted by molar-refractivity contribution is 0.0942. The van der Waals surface area contributed by atoms with Crippen molar-refractivity contribution in [3.8, 4) is 5.69 Å². The van der Waals surface area contributed by atoms with Crippen molar-refractivity contribution in [1.82, 2.24) is 19.7 Å². The van der Waals surface area contributed by atoms with Gasteiger partial charge in [-0.25, -0.2) is 9.18 Å². The minimum absolute atomic E-state index is 0.00880. The van der Waals surface area contributed by atoms with Crippen LogP contribution < -0.4 is 16.6 Å². The zero-order valence-electron chi connectivity index (χ0n) is 15.5. The lowest BCUT2D eigenvalue weighted by Crippen LogP contribution is -2.46. The largest absolute Gasteiger partial charge is 0.352 e. The molecule has 0 aliphatic heterocycles. The van der Waals surface area contributed by atoms with Crippen molar-refractivity contribution >= 4 is 5.91 Å². The van der Waals surface area contributed by atoms with Gasteiger partial charge in [-0.15, -0.1) is 0 Å². The molecule has 1 fully saturated rings. The monoisotopic (exact) mass is 394 g/mol. The first-order valence-electron chi connectivity index (χ1n) is 9.35. The molecule has 0 spiro atoms. The summed E-state index contributed by atoms with van der Waals surface area (Å²) in [5, 5.41) is 6.72. The number of carbonyl (C=O) groups excluding carboxylic acids is 1. The molecule has 4 rings (SSSR count). The van der Waals surface area contributed by atoms with Gasteiger partial charge in [-0.05, 0) is 48.6 Å². The van der Waals surface area contributed by atoms with E-state index in [1.165, 1.54) is 24.3 Å². The third-order valence-electron chi connectivity index (χ3n) is 4.78. The fraction of sp³-hybridized carbons (Fsp3) is 0.238. The van der Waals surface area contributed by atoms with Gasteiger partial charge in [0.1, 0.15) is 5.82 Å². The van der Waals surface area contributed by atoms with Gasteiger partial charge in [0.2, 0.25) is 5.69 Å². The number of nitrogens with zero attached hydrogens (tertiary/aromatic N) is 3. The number of benzene rings is 2. The molecule has 0 bridgehead atoms. The maximum absolute atomic E-state index is 13.3. The smallest absolute Gasteiger partial charge is 0.350 e. The van der Waals surface area contributed by atoms with Gasteiger partial charge < -0.3 is 5.32 Å². The van der Waals surface area contributed by atoms with Crippen molar-refractivity contribution < 1.29 is 9.18 Å². The Morgan fingerprint density at radius 1 is 1.07 bits per heavy atom. The first-order valence-corrected chi connectivity index (χ1v) is 9.35. The normalized spacial score (nSPS) is 13.3. The third-order valence-corrected chi connectivity index (χ3v) is 4.78. The van der Waals surface area contributed by atoms with Crippen LogP contribution in [0.1, 0.15) is 28.9 Å². The molecule has 1 saturated carbocycles. The van der Waals surface area contributed by atoms with Gasteiger partial charge in [0.25, 0.3) is 11.5 Å². The summed E-state index contributed by atoms with van der Waals surface area (Å²) in [6.07, 6.45) is 2.09. The minimum atomic E-state index is -0.759. The molecular formula is C21H19FN4O3. The van der Waals surface area contributed by atoms with Gasteiger partial charge in [0.15, 0.2) is 0 Å². The maximum Gasteiger partial charge on any atom is 0.352 e. The Bertz CT molecular complexity index is 1150. The molecule has 1 N–H and O–H groups in total. The summed E-state index contributed by atoms with van der Waals surface area (Å²) in [5.74, 6) is -0.671. The highest BCUT2D eigenvalue weighted by Gasteiger charge is 2.25. The second-order valence-electron chi connectivity index (χ2n) is 7.05. The molecule has 0 radical (unpaired) electrons. The van der Waals surface area contributed by atoms with E-state index in [0.29, 0.717) is 12.5 Å². The average molecular weight is 394 g/mol. The molecule has 1 heterocycles. The van der Waals surface area contributed by atoms with E-state index >= 15 is 0 Å². The van der Waals surface area contributed by atoms with Crippen LogP contribution >= 0.6 is 0 Å². The lowest BCUT2D eigenvalue weighted by atomic mass is 10.2. The number of hydrogen-bond acceptors (Lipinski definition) is 4. The Morgan fingerprint density at radius 3 is 2.41 bits per heavy atom. The van der Waals surface area contributed by atoms with Gasteiger partial charge in [-0.1, -0.05) is 30.3 Å². The molecule has 0 unspecified atom stereocenters. The highest BCUT2D eigenvalue weighted by atomic mass is 19.1. The summed E-state index contributed by atoms with van der Waals surface area (Å²) in [6, 6.07) is 14.1. The molecule has 1 aliphatic rings. The molecule has 1 aromatic heterocycles. The Kier molecular flexibility index (Phi) is 5.07. The van der Waals surface area contributed by atoms with Crippen LogP contribution in [0, 0.1) is 11.7 Å². The summed E-state index contributed by atoms with van der Waals surface area (Å²) in [5.41, 5.74) is -0.845. The Hall–Kier alpha value is -3.55. The topological polar surface area (TPSA) is 86.0 Å². The summed E-state index contributed by atoms with van der Waals surface area (Å²) < 4.78 is 15.2. The van der Waals surface area contributed by atoms with Gasteiger partial charge >= 0.3 is 5.69 Å². The standard InChI is InChI=1S/C21H19FN4O3/c22-16-8-10-17(11-9-16)26-21(29)25(13-15-4-2-1-3-5-15)20(28)18(24-26)19(27)23-12-14-6-7-14/h1-5,8-11,14H,6-7,12-13H2,(H,23,27). The van der Waals surface area contributed by atoms with E-state index in [2.05, 4.69) is 10.4 Å². The van der Waals surface area contributed by atoms with Crippen molar-refractivity contribution in [2.45, 2.75) is 19.4 Å². The Labute approximate surface area is 165 Å². The van der Waals surface area contributed by atoms with E-state index in [9.17, 15) is 18.8 Å². The Morgan fingerprint density at radius 2 is 1.76 bits per heavy atom. The molecular weight excluding hydrogens is 375 g/mol. The van der Waals surface area contributed by atoms with E-state index < -0.39 is 23.0 Å². The van der Waals surface area contributed by atoms with Gasteiger partial charge in [0.05, 0.1) is 12.2 Å². The first kappa shape index (κ1) is 18.8. The molecule has 7 nitrogen and oxygen atoms in total. The summed E-state index contributed by atoms with van der Waals surface area (Å²) in [4.78, 5) is 38.5. The molecule has 0 atom stereocenters. The predicted octanol–water partition coefficient (Wildman–Crippen LogP) is 1.72. The summed E-state index contributed by atoms with van der Waals surface area (Å²) in [6.45, 7) is 0.458. The molecule has 1 aliphatic carbocycles. The number of hydrogen-bond donors (Lipinski definition) is 1. The van der Waals surface area contributed by atoms with Crippen molar-refractivity contribution in [3.05, 3.63) is 92.5 Å². The highest BCUT2D eigenvalue weighted by molar-refractivity contribution is 5.91. The fourth-order valence-electron chi connectivity index (χ4n) is 2.96. The number of carbonyl (C=O) groups is 1. The van der Waals surface area contributed by atoms with Crippen molar-refractivity contribution in [1.29, 1.82) is 0 Å². The first-order chi connectivity index (χ1) is 14.0. The zero-order valence-corrected chi connectivity index (χ0v) is 15.5. The van der Waals surface area contributed by atoms with Crippen LogP contribution in [0.3, 0.4) is 0 Å². The van der Waals surface area contributed by atoms with Crippen molar-refractivity contribution in [2.24, 2.45) is 5.92 Å². The van der Waals surface area contributed by atoms with Crippen LogP contribution in [0.2, 0.25) is 0 Å².